The molecule has 78 heavy (non-hydrogen) atoms. The standard InChI is InChI=1S/C69H122N2O6Si/c1-10-14-18-22-24-32-45-61(44-30-20-16-12-3)58-66(72)71(9)60-68(74)76-56-42-29-35-49-63(48-34-28-41-55-75-67(73)59-62(46-31-21-17-13-4)47-33-25-23-19-15-11-2)70(8)54-40-43-57-77-78(69(5,6)7,64-50-36-26-37-51-64)65-52-38-27-39-53-65/h26-27,36-39,50-53,61-63H,10-25,28-35,40-49,54-60H2,1-9H3. The second-order valence-electron chi connectivity index (χ2n) is 24.7. The largest absolute Gasteiger partial charge is 0.466 e. The van der Waals surface area contributed by atoms with Crippen LogP contribution in [0.25, 0.3) is 0 Å². The highest BCUT2D eigenvalue weighted by molar-refractivity contribution is 6.99. The number of rotatable bonds is 51. The maximum absolute atomic E-state index is 13.3. The van der Waals surface area contributed by atoms with E-state index in [-0.39, 0.29) is 29.4 Å². The molecule has 0 aliphatic carbocycles. The van der Waals surface area contributed by atoms with Crippen LogP contribution in [0.2, 0.25) is 5.04 Å². The van der Waals surface area contributed by atoms with Gasteiger partial charge in [-0.15, -0.1) is 0 Å². The van der Waals surface area contributed by atoms with Gasteiger partial charge in [0.25, 0.3) is 8.32 Å². The zero-order valence-corrected chi connectivity index (χ0v) is 53.3. The minimum atomic E-state index is -2.58. The van der Waals surface area contributed by atoms with Crippen LogP contribution in [0.3, 0.4) is 0 Å². The summed E-state index contributed by atoms with van der Waals surface area (Å²) < 4.78 is 18.9. The van der Waals surface area contributed by atoms with Crippen LogP contribution >= 0.6 is 0 Å². The van der Waals surface area contributed by atoms with Crippen LogP contribution in [0.5, 0.6) is 0 Å². The first-order valence-corrected chi connectivity index (χ1v) is 34.7. The summed E-state index contributed by atoms with van der Waals surface area (Å²) in [5.74, 6) is 0.611. The van der Waals surface area contributed by atoms with Crippen LogP contribution in [-0.4, -0.2) is 89.0 Å². The second kappa shape index (κ2) is 45.6. The Bertz CT molecular complexity index is 1700. The molecule has 3 unspecified atom stereocenters. The first-order chi connectivity index (χ1) is 37.8. The van der Waals surface area contributed by atoms with Gasteiger partial charge in [-0.1, -0.05) is 263 Å². The number of esters is 2. The Balaban J connectivity index is 1.95. The van der Waals surface area contributed by atoms with E-state index >= 15 is 0 Å². The Hall–Kier alpha value is -3.01. The van der Waals surface area contributed by atoms with Crippen molar-refractivity contribution in [2.45, 2.75) is 291 Å². The Kier molecular flexibility index (Phi) is 41.5. The van der Waals surface area contributed by atoms with Crippen molar-refractivity contribution in [3.63, 3.8) is 0 Å². The van der Waals surface area contributed by atoms with Crippen molar-refractivity contribution in [3.8, 4) is 0 Å². The third-order valence-corrected chi connectivity index (χ3v) is 21.8. The van der Waals surface area contributed by atoms with Crippen LogP contribution in [0.4, 0.5) is 0 Å². The summed E-state index contributed by atoms with van der Waals surface area (Å²) in [7, 11) is 1.48. The number of nitrogens with zero attached hydrogens (tertiary/aromatic N) is 2. The van der Waals surface area contributed by atoms with E-state index in [0.717, 1.165) is 103 Å². The third-order valence-electron chi connectivity index (χ3n) is 16.7. The van der Waals surface area contributed by atoms with Gasteiger partial charge in [-0.3, -0.25) is 14.4 Å². The van der Waals surface area contributed by atoms with Gasteiger partial charge in [0.15, 0.2) is 0 Å². The molecule has 8 nitrogen and oxygen atoms in total. The van der Waals surface area contributed by atoms with Gasteiger partial charge in [-0.2, -0.15) is 0 Å². The molecule has 0 bridgehead atoms. The summed E-state index contributed by atoms with van der Waals surface area (Å²) in [6.45, 7) is 18.7. The summed E-state index contributed by atoms with van der Waals surface area (Å²) in [6, 6.07) is 22.3. The fraction of sp³-hybridized carbons (Fsp3) is 0.783. The molecule has 0 radical (unpaired) electrons. The summed E-state index contributed by atoms with van der Waals surface area (Å²) in [5.41, 5.74) is 0. The SMILES string of the molecule is CCCCCCCCC(CCCCCC)CC(=O)OCCCCCC(CCCCCOC(=O)CN(C)C(=O)CC(CCCCCC)CCCCCCCC)N(C)CCCCO[Si](c1ccccc1)(c1ccccc1)C(C)(C)C. The van der Waals surface area contributed by atoms with Gasteiger partial charge >= 0.3 is 11.9 Å². The number of likely N-dealkylation sites (N-methyl/N-ethyl adjacent to an activating group) is 1. The van der Waals surface area contributed by atoms with Gasteiger partial charge < -0.3 is 23.7 Å². The molecule has 0 saturated carbocycles. The summed E-state index contributed by atoms with van der Waals surface area (Å²) in [5, 5.41) is 2.60. The average molecular weight is 1100 g/mol. The van der Waals surface area contributed by atoms with Gasteiger partial charge in [0.05, 0.1) is 13.2 Å². The zero-order valence-electron chi connectivity index (χ0n) is 52.3. The lowest BCUT2D eigenvalue weighted by Crippen LogP contribution is -2.66. The van der Waals surface area contributed by atoms with Crippen LogP contribution in [0, 0.1) is 11.8 Å². The monoisotopic (exact) mass is 1100 g/mol. The molecule has 1 amide bonds. The number of carbonyl (C=O) groups excluding carboxylic acids is 3. The molecule has 0 aliphatic rings. The predicted molar refractivity (Wildman–Crippen MR) is 335 cm³/mol. The molecule has 2 rings (SSSR count). The van der Waals surface area contributed by atoms with Crippen molar-refractivity contribution in [2.24, 2.45) is 11.8 Å². The molecule has 0 aliphatic heterocycles. The summed E-state index contributed by atoms with van der Waals surface area (Å²) >= 11 is 0. The average Bonchev–Trinajstić information content (AvgIpc) is 3.57. The van der Waals surface area contributed by atoms with Crippen LogP contribution < -0.4 is 10.4 Å². The van der Waals surface area contributed by atoms with Gasteiger partial charge in [-0.05, 0) is 105 Å². The first kappa shape index (κ1) is 71.1. The molecular weight excluding hydrogens is 981 g/mol. The Morgan fingerprint density at radius 1 is 0.449 bits per heavy atom. The van der Waals surface area contributed by atoms with E-state index in [1.54, 1.807) is 11.9 Å². The molecule has 2 aromatic rings. The van der Waals surface area contributed by atoms with E-state index in [2.05, 4.69) is 121 Å². The molecule has 0 fully saturated rings. The molecular formula is C69H122N2O6Si. The van der Waals surface area contributed by atoms with Gasteiger partial charge in [-0.25, -0.2) is 0 Å². The highest BCUT2D eigenvalue weighted by Gasteiger charge is 2.50. The van der Waals surface area contributed by atoms with E-state index in [1.165, 1.54) is 139 Å². The molecule has 0 N–H and O–H groups in total. The quantitative estimate of drug-likeness (QED) is 0.0371. The molecule has 0 heterocycles. The number of benzene rings is 2. The fourth-order valence-corrected chi connectivity index (χ4v) is 16.4. The number of carbonyl (C=O) groups is 3. The fourth-order valence-electron chi connectivity index (χ4n) is 11.8. The number of ether oxygens (including phenoxy) is 2. The topological polar surface area (TPSA) is 85.4 Å². The molecule has 3 atom stereocenters. The van der Waals surface area contributed by atoms with Crippen LogP contribution in [-0.2, 0) is 28.3 Å². The minimum Gasteiger partial charge on any atom is -0.466 e. The summed E-state index contributed by atoms with van der Waals surface area (Å²) in [4.78, 5) is 43.6. The van der Waals surface area contributed by atoms with Crippen molar-refractivity contribution in [1.29, 1.82) is 0 Å². The Morgan fingerprint density at radius 3 is 1.27 bits per heavy atom. The van der Waals surface area contributed by atoms with Gasteiger partial charge in [0.2, 0.25) is 5.91 Å². The predicted octanol–water partition coefficient (Wildman–Crippen LogP) is 17.8. The van der Waals surface area contributed by atoms with E-state index in [4.69, 9.17) is 13.9 Å². The van der Waals surface area contributed by atoms with Crippen LogP contribution in [0.1, 0.15) is 280 Å². The lowest BCUT2D eigenvalue weighted by molar-refractivity contribution is -0.149. The smallest absolute Gasteiger partial charge is 0.325 e. The van der Waals surface area contributed by atoms with Crippen molar-refractivity contribution in [1.82, 2.24) is 9.80 Å². The van der Waals surface area contributed by atoms with E-state index in [9.17, 15) is 14.4 Å². The molecule has 0 aromatic heterocycles. The highest BCUT2D eigenvalue weighted by Crippen LogP contribution is 2.37. The van der Waals surface area contributed by atoms with Crippen LogP contribution in [0.15, 0.2) is 60.7 Å². The lowest BCUT2D eigenvalue weighted by atomic mass is 9.91. The van der Waals surface area contributed by atoms with Gasteiger partial charge in [0, 0.05) is 32.5 Å². The molecule has 2 aromatic carbocycles. The van der Waals surface area contributed by atoms with E-state index < -0.39 is 8.32 Å². The second-order valence-corrected chi connectivity index (χ2v) is 29.0. The maximum atomic E-state index is 13.3. The number of hydrogen-bond acceptors (Lipinski definition) is 7. The maximum Gasteiger partial charge on any atom is 0.325 e. The Morgan fingerprint density at radius 2 is 0.821 bits per heavy atom. The normalized spacial score (nSPS) is 13.2. The van der Waals surface area contributed by atoms with E-state index in [0.29, 0.717) is 43.9 Å². The van der Waals surface area contributed by atoms with Gasteiger partial charge in [0.1, 0.15) is 6.54 Å². The number of hydrogen-bond donors (Lipinski definition) is 0. The zero-order chi connectivity index (χ0) is 57.0. The first-order valence-electron chi connectivity index (χ1n) is 32.8. The lowest BCUT2D eigenvalue weighted by Gasteiger charge is -2.43. The summed E-state index contributed by atoms with van der Waals surface area (Å²) in [6.07, 6.45) is 41.1. The van der Waals surface area contributed by atoms with Crippen molar-refractivity contribution < 1.29 is 28.3 Å². The van der Waals surface area contributed by atoms with Crippen molar-refractivity contribution in [2.75, 3.05) is 47.0 Å². The minimum absolute atomic E-state index is 0.0000738. The highest BCUT2D eigenvalue weighted by atomic mass is 28.4. The molecule has 448 valence electrons. The van der Waals surface area contributed by atoms with E-state index in [1.807, 2.05) is 0 Å². The third kappa shape index (κ3) is 31.8. The van der Waals surface area contributed by atoms with Crippen molar-refractivity contribution >= 4 is 36.5 Å². The molecule has 0 saturated heterocycles. The molecule has 0 spiro atoms. The molecule has 9 heteroatoms. The number of amides is 1. The Labute approximate surface area is 482 Å². The van der Waals surface area contributed by atoms with Crippen molar-refractivity contribution in [3.05, 3.63) is 60.7 Å². The number of unbranched alkanes of at least 4 members (excludes halogenated alkanes) is 21.